The molecule has 0 aliphatic heterocycles. The summed E-state index contributed by atoms with van der Waals surface area (Å²) in [6.45, 7) is 4.06. The van der Waals surface area contributed by atoms with Crippen LogP contribution in [0.3, 0.4) is 0 Å². The van der Waals surface area contributed by atoms with Crippen molar-refractivity contribution in [1.29, 1.82) is 0 Å². The number of phenols is 2. The van der Waals surface area contributed by atoms with Gasteiger partial charge in [-0.05, 0) is 30.7 Å². The van der Waals surface area contributed by atoms with Crippen LogP contribution in [0.4, 0.5) is 0 Å². The summed E-state index contributed by atoms with van der Waals surface area (Å²) >= 11 is 0. The van der Waals surface area contributed by atoms with Crippen molar-refractivity contribution in [2.45, 2.75) is 26.7 Å². The number of carbonyl (C=O) groups excluding carboxylic acids is 1. The van der Waals surface area contributed by atoms with Gasteiger partial charge < -0.3 is 14.9 Å². The van der Waals surface area contributed by atoms with Crippen LogP contribution < -0.4 is 0 Å². The highest BCUT2D eigenvalue weighted by Crippen LogP contribution is 2.13. The minimum atomic E-state index is -0.182. The van der Waals surface area contributed by atoms with E-state index in [-0.39, 0.29) is 17.5 Å². The molecule has 90 valence electrons. The Morgan fingerprint density at radius 3 is 1.94 bits per heavy atom. The Labute approximate surface area is 95.5 Å². The van der Waals surface area contributed by atoms with Gasteiger partial charge in [-0.2, -0.15) is 0 Å². The SMILES string of the molecule is CCCCOC(C)=O.Oc1ccc(O)cc1. The Balaban J connectivity index is 0.000000281. The largest absolute Gasteiger partial charge is 0.508 e. The fraction of sp³-hybridized carbons (Fsp3) is 0.417. The second-order valence-electron chi connectivity index (χ2n) is 3.21. The van der Waals surface area contributed by atoms with Crippen molar-refractivity contribution >= 4 is 5.97 Å². The molecule has 0 atom stereocenters. The number of rotatable bonds is 3. The maximum Gasteiger partial charge on any atom is 0.302 e. The normalized spacial score (nSPS) is 8.88. The molecule has 0 radical (unpaired) electrons. The highest BCUT2D eigenvalue weighted by molar-refractivity contribution is 5.65. The third-order valence-electron chi connectivity index (χ3n) is 1.65. The summed E-state index contributed by atoms with van der Waals surface area (Å²) < 4.78 is 4.64. The Hall–Kier alpha value is -1.71. The van der Waals surface area contributed by atoms with Crippen LogP contribution in [0.25, 0.3) is 0 Å². The number of phenolic OH excluding ortho intramolecular Hbond substituents is 2. The monoisotopic (exact) mass is 226 g/mol. The van der Waals surface area contributed by atoms with Gasteiger partial charge in [-0.25, -0.2) is 0 Å². The predicted octanol–water partition coefficient (Wildman–Crippen LogP) is 2.45. The van der Waals surface area contributed by atoms with E-state index >= 15 is 0 Å². The van der Waals surface area contributed by atoms with E-state index in [0.717, 1.165) is 12.8 Å². The van der Waals surface area contributed by atoms with Crippen molar-refractivity contribution in [3.8, 4) is 11.5 Å². The number of benzene rings is 1. The fourth-order valence-corrected chi connectivity index (χ4v) is 0.813. The number of aromatic hydroxyl groups is 2. The minimum absolute atomic E-state index is 0.169. The second-order valence-corrected chi connectivity index (χ2v) is 3.21. The van der Waals surface area contributed by atoms with Gasteiger partial charge in [0.05, 0.1) is 6.61 Å². The van der Waals surface area contributed by atoms with Crippen molar-refractivity contribution in [1.82, 2.24) is 0 Å². The summed E-state index contributed by atoms with van der Waals surface area (Å²) in [6.07, 6.45) is 2.05. The van der Waals surface area contributed by atoms with Gasteiger partial charge in [0.15, 0.2) is 0 Å². The maximum absolute atomic E-state index is 10.1. The lowest BCUT2D eigenvalue weighted by Gasteiger charge is -1.96. The van der Waals surface area contributed by atoms with Crippen LogP contribution in [-0.4, -0.2) is 22.8 Å². The van der Waals surface area contributed by atoms with E-state index in [1.807, 2.05) is 0 Å². The van der Waals surface area contributed by atoms with Crippen LogP contribution in [0, 0.1) is 0 Å². The van der Waals surface area contributed by atoms with Gasteiger partial charge in [0, 0.05) is 6.92 Å². The van der Waals surface area contributed by atoms with E-state index in [1.54, 1.807) is 0 Å². The molecular weight excluding hydrogens is 208 g/mol. The summed E-state index contributed by atoms with van der Waals surface area (Å²) in [6, 6.07) is 5.70. The first-order valence-electron chi connectivity index (χ1n) is 5.17. The van der Waals surface area contributed by atoms with Crippen LogP contribution in [-0.2, 0) is 9.53 Å². The average molecular weight is 226 g/mol. The molecule has 1 aromatic rings. The molecule has 0 saturated carbocycles. The molecule has 1 aromatic carbocycles. The lowest BCUT2D eigenvalue weighted by molar-refractivity contribution is -0.141. The van der Waals surface area contributed by atoms with Crippen molar-refractivity contribution in [2.24, 2.45) is 0 Å². The first-order chi connectivity index (χ1) is 7.56. The quantitative estimate of drug-likeness (QED) is 0.472. The number of hydrogen-bond acceptors (Lipinski definition) is 4. The lowest BCUT2D eigenvalue weighted by Crippen LogP contribution is -1.99. The molecule has 16 heavy (non-hydrogen) atoms. The maximum atomic E-state index is 10.1. The molecule has 0 amide bonds. The zero-order chi connectivity index (χ0) is 12.4. The molecule has 0 aliphatic carbocycles. The first kappa shape index (κ1) is 14.3. The van der Waals surface area contributed by atoms with Crippen molar-refractivity contribution in [3.05, 3.63) is 24.3 Å². The molecule has 0 saturated heterocycles. The Kier molecular flexibility index (Phi) is 7.67. The number of unbranched alkanes of at least 4 members (excludes halogenated alkanes) is 1. The summed E-state index contributed by atoms with van der Waals surface area (Å²) in [5.41, 5.74) is 0. The summed E-state index contributed by atoms with van der Waals surface area (Å²) in [7, 11) is 0. The molecule has 0 aliphatic rings. The van der Waals surface area contributed by atoms with Crippen LogP contribution in [0.15, 0.2) is 24.3 Å². The van der Waals surface area contributed by atoms with Gasteiger partial charge in [0.2, 0.25) is 0 Å². The van der Waals surface area contributed by atoms with E-state index in [2.05, 4.69) is 11.7 Å². The zero-order valence-corrected chi connectivity index (χ0v) is 9.64. The molecule has 0 unspecified atom stereocenters. The molecule has 0 fully saturated rings. The predicted molar refractivity (Wildman–Crippen MR) is 61.3 cm³/mol. The molecule has 1 rings (SSSR count). The topological polar surface area (TPSA) is 66.8 Å². The van der Waals surface area contributed by atoms with Crippen molar-refractivity contribution in [2.75, 3.05) is 6.61 Å². The Morgan fingerprint density at radius 2 is 1.62 bits per heavy atom. The molecular formula is C12H18O4. The summed E-state index contributed by atoms with van der Waals surface area (Å²) in [4.78, 5) is 10.1. The molecule has 0 spiro atoms. The van der Waals surface area contributed by atoms with Gasteiger partial charge in [-0.3, -0.25) is 4.79 Å². The zero-order valence-electron chi connectivity index (χ0n) is 9.64. The summed E-state index contributed by atoms with van der Waals surface area (Å²) in [5.74, 6) is 0.157. The molecule has 0 aromatic heterocycles. The van der Waals surface area contributed by atoms with Crippen LogP contribution in [0.1, 0.15) is 26.7 Å². The van der Waals surface area contributed by atoms with Crippen LogP contribution in [0.5, 0.6) is 11.5 Å². The van der Waals surface area contributed by atoms with Crippen molar-refractivity contribution < 1.29 is 19.7 Å². The molecule has 0 heterocycles. The average Bonchev–Trinajstić information content (AvgIpc) is 2.23. The Bertz CT molecular complexity index is 271. The van der Waals surface area contributed by atoms with Gasteiger partial charge in [-0.15, -0.1) is 0 Å². The molecule has 0 bridgehead atoms. The van der Waals surface area contributed by atoms with Crippen LogP contribution >= 0.6 is 0 Å². The van der Waals surface area contributed by atoms with E-state index in [0.29, 0.717) is 6.61 Å². The van der Waals surface area contributed by atoms with E-state index in [1.165, 1.54) is 31.2 Å². The van der Waals surface area contributed by atoms with Gasteiger partial charge in [0.25, 0.3) is 0 Å². The molecule has 2 N–H and O–H groups in total. The van der Waals surface area contributed by atoms with Crippen LogP contribution in [0.2, 0.25) is 0 Å². The van der Waals surface area contributed by atoms with E-state index in [4.69, 9.17) is 10.2 Å². The van der Waals surface area contributed by atoms with Crippen molar-refractivity contribution in [3.63, 3.8) is 0 Å². The third-order valence-corrected chi connectivity index (χ3v) is 1.65. The number of hydrogen-bond donors (Lipinski definition) is 2. The Morgan fingerprint density at radius 1 is 1.19 bits per heavy atom. The van der Waals surface area contributed by atoms with E-state index < -0.39 is 0 Å². The highest BCUT2D eigenvalue weighted by Gasteiger charge is 1.88. The number of esters is 1. The number of ether oxygens (including phenoxy) is 1. The smallest absolute Gasteiger partial charge is 0.302 e. The minimum Gasteiger partial charge on any atom is -0.508 e. The van der Waals surface area contributed by atoms with Gasteiger partial charge >= 0.3 is 5.97 Å². The second kappa shape index (κ2) is 8.59. The molecule has 4 nitrogen and oxygen atoms in total. The lowest BCUT2D eigenvalue weighted by atomic mass is 10.3. The standard InChI is InChI=1S/C6H6O2.C6H12O2/c7-5-1-2-6(8)4-3-5;1-3-4-5-8-6(2)7/h1-4,7-8H;3-5H2,1-2H3. The highest BCUT2D eigenvalue weighted by atomic mass is 16.5. The van der Waals surface area contributed by atoms with Gasteiger partial charge in [-0.1, -0.05) is 13.3 Å². The molecule has 4 heteroatoms. The fourth-order valence-electron chi connectivity index (χ4n) is 0.813. The number of carbonyl (C=O) groups is 1. The van der Waals surface area contributed by atoms with Gasteiger partial charge in [0.1, 0.15) is 11.5 Å². The first-order valence-corrected chi connectivity index (χ1v) is 5.17. The third kappa shape index (κ3) is 8.87. The van der Waals surface area contributed by atoms with E-state index in [9.17, 15) is 4.79 Å². The summed E-state index contributed by atoms with van der Waals surface area (Å²) in [5, 5.41) is 17.3.